The Morgan fingerprint density at radius 2 is 1.90 bits per heavy atom. The Bertz CT molecular complexity index is 440. The highest BCUT2D eigenvalue weighted by atomic mass is 16.2. The third kappa shape index (κ3) is 5.36. The van der Waals surface area contributed by atoms with Crippen LogP contribution >= 0.6 is 0 Å². The minimum atomic E-state index is -0.532. The number of nitrogens with two attached hydrogens (primary N) is 1. The quantitative estimate of drug-likeness (QED) is 0.753. The molecule has 1 aromatic rings. The molecule has 5 heteroatoms. The third-order valence-corrected chi connectivity index (χ3v) is 4.01. The van der Waals surface area contributed by atoms with Crippen molar-refractivity contribution in [2.45, 2.75) is 32.2 Å². The maximum atomic E-state index is 10.8. The summed E-state index contributed by atoms with van der Waals surface area (Å²) in [7, 11) is 0. The van der Waals surface area contributed by atoms with Crippen LogP contribution in [0.2, 0.25) is 0 Å². The summed E-state index contributed by atoms with van der Waals surface area (Å²) in [5, 5.41) is 6.12. The van der Waals surface area contributed by atoms with E-state index in [0.717, 1.165) is 18.8 Å². The van der Waals surface area contributed by atoms with E-state index in [2.05, 4.69) is 22.5 Å². The van der Waals surface area contributed by atoms with Crippen molar-refractivity contribution in [1.82, 2.24) is 10.2 Å². The fourth-order valence-electron chi connectivity index (χ4n) is 2.74. The zero-order chi connectivity index (χ0) is 15.1. The summed E-state index contributed by atoms with van der Waals surface area (Å²) in [6.07, 6.45) is 4.06. The highest BCUT2D eigenvalue weighted by Crippen LogP contribution is 2.16. The van der Waals surface area contributed by atoms with E-state index in [4.69, 9.17) is 5.73 Å². The molecule has 116 valence electrons. The molecule has 2 amide bonds. The summed E-state index contributed by atoms with van der Waals surface area (Å²) in [4.78, 5) is 13.3. The molecule has 1 aliphatic heterocycles. The minimum absolute atomic E-state index is 0.303. The summed E-state index contributed by atoms with van der Waals surface area (Å²) in [6.45, 7) is 6.76. The topological polar surface area (TPSA) is 70.4 Å². The molecule has 1 saturated heterocycles. The first-order valence-electron chi connectivity index (χ1n) is 7.77. The van der Waals surface area contributed by atoms with E-state index in [0.29, 0.717) is 6.04 Å². The lowest BCUT2D eigenvalue weighted by molar-refractivity contribution is 0.227. The van der Waals surface area contributed by atoms with Gasteiger partial charge < -0.3 is 21.3 Å². The van der Waals surface area contributed by atoms with E-state index in [9.17, 15) is 4.79 Å². The van der Waals surface area contributed by atoms with Crippen molar-refractivity contribution in [1.29, 1.82) is 0 Å². The summed E-state index contributed by atoms with van der Waals surface area (Å²) in [6, 6.07) is 7.56. The van der Waals surface area contributed by atoms with Gasteiger partial charge in [-0.3, -0.25) is 0 Å². The number of rotatable bonds is 6. The number of hydrogen-bond acceptors (Lipinski definition) is 3. The van der Waals surface area contributed by atoms with E-state index in [1.54, 1.807) is 0 Å². The zero-order valence-electron chi connectivity index (χ0n) is 12.8. The SMILES string of the molecule is CC(NCCN1CCCCC1)c1ccc(NC(N)=O)cc1. The van der Waals surface area contributed by atoms with Crippen LogP contribution in [0.25, 0.3) is 0 Å². The first-order chi connectivity index (χ1) is 10.1. The van der Waals surface area contributed by atoms with Crippen LogP contribution in [0.5, 0.6) is 0 Å². The van der Waals surface area contributed by atoms with Gasteiger partial charge in [-0.15, -0.1) is 0 Å². The first kappa shape index (κ1) is 15.8. The maximum absolute atomic E-state index is 10.8. The van der Waals surface area contributed by atoms with E-state index < -0.39 is 6.03 Å². The van der Waals surface area contributed by atoms with E-state index in [1.807, 2.05) is 24.3 Å². The summed E-state index contributed by atoms with van der Waals surface area (Å²) >= 11 is 0. The molecule has 5 nitrogen and oxygen atoms in total. The number of primary amides is 1. The Labute approximate surface area is 126 Å². The lowest BCUT2D eigenvalue weighted by atomic mass is 10.1. The van der Waals surface area contributed by atoms with Crippen LogP contribution < -0.4 is 16.4 Å². The standard InChI is InChI=1S/C16H26N4O/c1-13(18-9-12-20-10-3-2-4-11-20)14-5-7-15(8-6-14)19-16(17)21/h5-8,13,18H,2-4,9-12H2,1H3,(H3,17,19,21). The van der Waals surface area contributed by atoms with E-state index >= 15 is 0 Å². The average Bonchev–Trinajstić information content (AvgIpc) is 2.48. The Balaban J connectivity index is 1.74. The van der Waals surface area contributed by atoms with Gasteiger partial charge in [-0.25, -0.2) is 4.79 Å². The Morgan fingerprint density at radius 3 is 2.52 bits per heavy atom. The van der Waals surface area contributed by atoms with Crippen molar-refractivity contribution in [3.8, 4) is 0 Å². The van der Waals surface area contributed by atoms with Crippen molar-refractivity contribution in [3.63, 3.8) is 0 Å². The monoisotopic (exact) mass is 290 g/mol. The summed E-state index contributed by atoms with van der Waals surface area (Å²) in [5.41, 5.74) is 7.03. The molecule has 0 saturated carbocycles. The smallest absolute Gasteiger partial charge is 0.316 e. The lowest BCUT2D eigenvalue weighted by Gasteiger charge is -2.27. The molecular formula is C16H26N4O. The van der Waals surface area contributed by atoms with Gasteiger partial charge in [0.25, 0.3) is 0 Å². The van der Waals surface area contributed by atoms with Crippen LogP contribution in [0.15, 0.2) is 24.3 Å². The fraction of sp³-hybridized carbons (Fsp3) is 0.562. The number of amides is 2. The lowest BCUT2D eigenvalue weighted by Crippen LogP contribution is -2.36. The molecule has 1 heterocycles. The molecule has 21 heavy (non-hydrogen) atoms. The second kappa shape index (κ2) is 8.00. The number of nitrogens with one attached hydrogen (secondary N) is 2. The number of benzene rings is 1. The van der Waals surface area contributed by atoms with Gasteiger partial charge in [0.1, 0.15) is 0 Å². The largest absolute Gasteiger partial charge is 0.351 e. The molecule has 0 radical (unpaired) electrons. The molecule has 1 fully saturated rings. The number of carbonyl (C=O) groups is 1. The van der Waals surface area contributed by atoms with Crippen LogP contribution in [-0.2, 0) is 0 Å². The van der Waals surface area contributed by atoms with Crippen LogP contribution in [0.1, 0.15) is 37.8 Å². The van der Waals surface area contributed by atoms with Crippen LogP contribution in [0.4, 0.5) is 10.5 Å². The number of urea groups is 1. The van der Waals surface area contributed by atoms with Gasteiger partial charge in [-0.1, -0.05) is 18.6 Å². The Morgan fingerprint density at radius 1 is 1.24 bits per heavy atom. The van der Waals surface area contributed by atoms with Gasteiger partial charge in [0.05, 0.1) is 0 Å². The number of hydrogen-bond donors (Lipinski definition) is 3. The van der Waals surface area contributed by atoms with Gasteiger partial charge >= 0.3 is 6.03 Å². The average molecular weight is 290 g/mol. The van der Waals surface area contributed by atoms with Gasteiger partial charge in [-0.05, 0) is 50.6 Å². The second-order valence-electron chi connectivity index (χ2n) is 5.69. The van der Waals surface area contributed by atoms with Crippen molar-refractivity contribution in [3.05, 3.63) is 29.8 Å². The van der Waals surface area contributed by atoms with Crippen LogP contribution in [0.3, 0.4) is 0 Å². The predicted octanol–water partition coefficient (Wildman–Crippen LogP) is 2.31. The predicted molar refractivity (Wildman–Crippen MR) is 86.4 cm³/mol. The summed E-state index contributed by atoms with van der Waals surface area (Å²) in [5.74, 6) is 0. The van der Waals surface area contributed by atoms with Gasteiger partial charge in [0, 0.05) is 24.8 Å². The molecule has 0 aliphatic carbocycles. The molecule has 1 unspecified atom stereocenters. The van der Waals surface area contributed by atoms with E-state index in [1.165, 1.54) is 37.9 Å². The van der Waals surface area contributed by atoms with Gasteiger partial charge in [-0.2, -0.15) is 0 Å². The molecule has 4 N–H and O–H groups in total. The molecule has 1 aromatic carbocycles. The van der Waals surface area contributed by atoms with Crippen molar-refractivity contribution in [2.75, 3.05) is 31.5 Å². The molecule has 0 spiro atoms. The second-order valence-corrected chi connectivity index (χ2v) is 5.69. The number of likely N-dealkylation sites (tertiary alicyclic amines) is 1. The number of carbonyl (C=O) groups excluding carboxylic acids is 1. The highest BCUT2D eigenvalue weighted by molar-refractivity contribution is 5.87. The van der Waals surface area contributed by atoms with Crippen LogP contribution in [-0.4, -0.2) is 37.1 Å². The first-order valence-corrected chi connectivity index (χ1v) is 7.77. The van der Waals surface area contributed by atoms with E-state index in [-0.39, 0.29) is 0 Å². The number of anilines is 1. The molecular weight excluding hydrogens is 264 g/mol. The molecule has 0 aromatic heterocycles. The van der Waals surface area contributed by atoms with Gasteiger partial charge in [0.2, 0.25) is 0 Å². The summed E-state index contributed by atoms with van der Waals surface area (Å²) < 4.78 is 0. The number of nitrogens with zero attached hydrogens (tertiary/aromatic N) is 1. The Hall–Kier alpha value is -1.59. The zero-order valence-corrected chi connectivity index (χ0v) is 12.8. The number of piperidine rings is 1. The molecule has 2 rings (SSSR count). The molecule has 0 bridgehead atoms. The fourth-order valence-corrected chi connectivity index (χ4v) is 2.74. The van der Waals surface area contributed by atoms with Crippen LogP contribution in [0, 0.1) is 0 Å². The minimum Gasteiger partial charge on any atom is -0.351 e. The normalized spacial score (nSPS) is 17.4. The highest BCUT2D eigenvalue weighted by Gasteiger charge is 2.10. The van der Waals surface area contributed by atoms with Crippen molar-refractivity contribution in [2.24, 2.45) is 5.73 Å². The van der Waals surface area contributed by atoms with Gasteiger partial charge in [0.15, 0.2) is 0 Å². The van der Waals surface area contributed by atoms with Crippen molar-refractivity contribution < 1.29 is 4.79 Å². The van der Waals surface area contributed by atoms with Crippen molar-refractivity contribution >= 4 is 11.7 Å². The molecule has 1 aliphatic rings. The Kier molecular flexibility index (Phi) is 6.02. The maximum Gasteiger partial charge on any atom is 0.316 e. The molecule has 1 atom stereocenters. The third-order valence-electron chi connectivity index (χ3n) is 4.01.